The fraction of sp³-hybridized carbons (Fsp3) is 0.556. The summed E-state index contributed by atoms with van der Waals surface area (Å²) in [4.78, 5) is 24.4. The standard InChI is InChI=1S/C18H22O6/c1-16(14(19)20)12-18(23-9-10-24-18)8-7-17(16,15(21)22)11-13-5-3-2-4-6-13/h2-6H,7-12H2,1H3,(H,19,20)(H,21,22). The summed E-state index contributed by atoms with van der Waals surface area (Å²) < 4.78 is 11.3. The monoisotopic (exact) mass is 334 g/mol. The van der Waals surface area contributed by atoms with E-state index in [9.17, 15) is 19.8 Å². The molecule has 0 aromatic heterocycles. The van der Waals surface area contributed by atoms with Gasteiger partial charge in [-0.25, -0.2) is 0 Å². The Morgan fingerprint density at radius 1 is 1.04 bits per heavy atom. The SMILES string of the molecule is CC1(C(=O)O)CC2(CCC1(Cc1ccccc1)C(=O)O)OCCO2. The lowest BCUT2D eigenvalue weighted by molar-refractivity contribution is -0.236. The quantitative estimate of drug-likeness (QED) is 0.878. The number of aliphatic carboxylic acids is 2. The lowest BCUT2D eigenvalue weighted by Gasteiger charge is -2.51. The first kappa shape index (κ1) is 16.9. The van der Waals surface area contributed by atoms with Gasteiger partial charge in [0.1, 0.15) is 0 Å². The lowest BCUT2D eigenvalue weighted by Crippen LogP contribution is -2.60. The normalized spacial score (nSPS) is 31.9. The fourth-order valence-electron chi connectivity index (χ4n) is 4.15. The van der Waals surface area contributed by atoms with E-state index in [1.54, 1.807) is 0 Å². The van der Waals surface area contributed by atoms with Gasteiger partial charge in [0.25, 0.3) is 0 Å². The van der Waals surface area contributed by atoms with Gasteiger partial charge in [0.05, 0.1) is 24.0 Å². The molecular formula is C18H22O6. The maximum Gasteiger partial charge on any atom is 0.311 e. The van der Waals surface area contributed by atoms with Crippen LogP contribution in [0.5, 0.6) is 0 Å². The highest BCUT2D eigenvalue weighted by Crippen LogP contribution is 2.57. The third-order valence-electron chi connectivity index (χ3n) is 5.66. The van der Waals surface area contributed by atoms with Crippen molar-refractivity contribution in [2.75, 3.05) is 13.2 Å². The lowest BCUT2D eigenvalue weighted by atomic mass is 9.53. The van der Waals surface area contributed by atoms with Crippen LogP contribution in [0.1, 0.15) is 31.7 Å². The van der Waals surface area contributed by atoms with Crippen LogP contribution in [0, 0.1) is 10.8 Å². The summed E-state index contributed by atoms with van der Waals surface area (Å²) in [6.07, 6.45) is 0.783. The van der Waals surface area contributed by atoms with Gasteiger partial charge in [-0.2, -0.15) is 0 Å². The zero-order valence-electron chi connectivity index (χ0n) is 13.7. The van der Waals surface area contributed by atoms with Crippen LogP contribution in [0.3, 0.4) is 0 Å². The summed E-state index contributed by atoms with van der Waals surface area (Å²) in [5.41, 5.74) is -2.07. The smallest absolute Gasteiger partial charge is 0.311 e. The van der Waals surface area contributed by atoms with Crippen LogP contribution in [-0.2, 0) is 25.5 Å². The largest absolute Gasteiger partial charge is 0.481 e. The number of hydrogen-bond acceptors (Lipinski definition) is 4. The van der Waals surface area contributed by atoms with E-state index in [0.717, 1.165) is 5.56 Å². The molecule has 6 heteroatoms. The van der Waals surface area contributed by atoms with E-state index in [-0.39, 0.29) is 19.3 Å². The molecule has 1 saturated heterocycles. The summed E-state index contributed by atoms with van der Waals surface area (Å²) in [5, 5.41) is 20.0. The Kier molecular flexibility index (Phi) is 4.13. The van der Waals surface area contributed by atoms with Crippen molar-refractivity contribution in [1.29, 1.82) is 0 Å². The number of carboxylic acid groups (broad SMARTS) is 2. The number of hydrogen-bond donors (Lipinski definition) is 2. The van der Waals surface area contributed by atoms with E-state index < -0.39 is 28.6 Å². The first-order valence-corrected chi connectivity index (χ1v) is 8.12. The van der Waals surface area contributed by atoms with Gasteiger partial charge in [-0.15, -0.1) is 0 Å². The molecule has 0 bridgehead atoms. The zero-order chi connectivity index (χ0) is 17.4. The second-order valence-electron chi connectivity index (χ2n) is 6.97. The van der Waals surface area contributed by atoms with Crippen molar-refractivity contribution in [1.82, 2.24) is 0 Å². The van der Waals surface area contributed by atoms with Gasteiger partial charge in [-0.1, -0.05) is 30.3 Å². The molecule has 1 aromatic carbocycles. The minimum absolute atomic E-state index is 0.0362. The van der Waals surface area contributed by atoms with E-state index >= 15 is 0 Å². The third kappa shape index (κ3) is 2.50. The number of benzene rings is 1. The summed E-state index contributed by atoms with van der Waals surface area (Å²) in [6.45, 7) is 2.33. The Hall–Kier alpha value is -1.92. The van der Waals surface area contributed by atoms with E-state index in [2.05, 4.69) is 0 Å². The molecule has 24 heavy (non-hydrogen) atoms. The highest BCUT2D eigenvalue weighted by atomic mass is 16.7. The number of rotatable bonds is 4. The van der Waals surface area contributed by atoms with Crippen molar-refractivity contribution in [2.24, 2.45) is 10.8 Å². The van der Waals surface area contributed by atoms with Gasteiger partial charge >= 0.3 is 11.9 Å². The molecule has 2 atom stereocenters. The van der Waals surface area contributed by atoms with Crippen molar-refractivity contribution in [2.45, 2.75) is 38.4 Å². The maximum atomic E-state index is 12.3. The van der Waals surface area contributed by atoms with Crippen molar-refractivity contribution in [3.05, 3.63) is 35.9 Å². The molecule has 6 nitrogen and oxygen atoms in total. The van der Waals surface area contributed by atoms with Crippen LogP contribution in [0.25, 0.3) is 0 Å². The van der Waals surface area contributed by atoms with Gasteiger partial charge in [0.15, 0.2) is 5.79 Å². The van der Waals surface area contributed by atoms with E-state index in [1.807, 2.05) is 30.3 Å². The van der Waals surface area contributed by atoms with Crippen LogP contribution in [0.15, 0.2) is 30.3 Å². The van der Waals surface area contributed by atoms with Gasteiger partial charge in [0, 0.05) is 12.8 Å². The second kappa shape index (κ2) is 5.86. The molecule has 2 aliphatic rings. The molecule has 1 aliphatic heterocycles. The predicted octanol–water partition coefficient (Wildman–Crippen LogP) is 2.32. The molecule has 3 rings (SSSR count). The molecule has 0 amide bonds. The van der Waals surface area contributed by atoms with Crippen LogP contribution in [0.4, 0.5) is 0 Å². The van der Waals surface area contributed by atoms with Gasteiger partial charge in [-0.3, -0.25) is 9.59 Å². The molecule has 1 saturated carbocycles. The fourth-order valence-corrected chi connectivity index (χ4v) is 4.15. The Bertz CT molecular complexity index is 636. The Labute approximate surface area is 140 Å². The first-order valence-electron chi connectivity index (χ1n) is 8.12. The second-order valence-corrected chi connectivity index (χ2v) is 6.97. The summed E-state index contributed by atoms with van der Waals surface area (Å²) in [6, 6.07) is 9.18. The maximum absolute atomic E-state index is 12.3. The summed E-state index contributed by atoms with van der Waals surface area (Å²) in [5.74, 6) is -3.17. The number of carboxylic acids is 2. The average molecular weight is 334 g/mol. The minimum Gasteiger partial charge on any atom is -0.481 e. The highest BCUT2D eigenvalue weighted by molar-refractivity contribution is 5.87. The van der Waals surface area contributed by atoms with Crippen molar-refractivity contribution in [3.63, 3.8) is 0 Å². The highest BCUT2D eigenvalue weighted by Gasteiger charge is 2.65. The summed E-state index contributed by atoms with van der Waals surface area (Å²) in [7, 11) is 0. The molecule has 130 valence electrons. The van der Waals surface area contributed by atoms with E-state index in [4.69, 9.17) is 9.47 Å². The van der Waals surface area contributed by atoms with E-state index in [1.165, 1.54) is 6.92 Å². The molecular weight excluding hydrogens is 312 g/mol. The van der Waals surface area contributed by atoms with Crippen LogP contribution in [0.2, 0.25) is 0 Å². The topological polar surface area (TPSA) is 93.1 Å². The molecule has 2 unspecified atom stereocenters. The Morgan fingerprint density at radius 3 is 2.21 bits per heavy atom. The molecule has 1 spiro atoms. The Balaban J connectivity index is 2.03. The number of ether oxygens (including phenoxy) is 2. The van der Waals surface area contributed by atoms with Gasteiger partial charge in [-0.05, 0) is 25.3 Å². The van der Waals surface area contributed by atoms with Gasteiger partial charge in [0.2, 0.25) is 0 Å². The van der Waals surface area contributed by atoms with Crippen molar-refractivity contribution in [3.8, 4) is 0 Å². The number of carbonyl (C=O) groups is 2. The van der Waals surface area contributed by atoms with E-state index in [0.29, 0.717) is 19.6 Å². The molecule has 0 radical (unpaired) electrons. The zero-order valence-corrected chi connectivity index (χ0v) is 13.7. The molecule has 1 aliphatic carbocycles. The molecule has 1 aromatic rings. The predicted molar refractivity (Wildman–Crippen MR) is 84.4 cm³/mol. The van der Waals surface area contributed by atoms with Crippen molar-refractivity contribution < 1.29 is 29.3 Å². The van der Waals surface area contributed by atoms with Gasteiger partial charge < -0.3 is 19.7 Å². The van der Waals surface area contributed by atoms with Crippen LogP contribution >= 0.6 is 0 Å². The molecule has 2 N–H and O–H groups in total. The van der Waals surface area contributed by atoms with Crippen molar-refractivity contribution >= 4 is 11.9 Å². The third-order valence-corrected chi connectivity index (χ3v) is 5.66. The molecule has 2 fully saturated rings. The van der Waals surface area contributed by atoms with Crippen LogP contribution < -0.4 is 0 Å². The summed E-state index contributed by atoms with van der Waals surface area (Å²) >= 11 is 0. The Morgan fingerprint density at radius 2 is 1.67 bits per heavy atom. The molecule has 1 heterocycles. The first-order chi connectivity index (χ1) is 11.3. The van der Waals surface area contributed by atoms with Crippen LogP contribution in [-0.4, -0.2) is 41.2 Å². The average Bonchev–Trinajstić information content (AvgIpc) is 2.99. The minimum atomic E-state index is -1.49.